The van der Waals surface area contributed by atoms with E-state index in [0.717, 1.165) is 28.6 Å². The van der Waals surface area contributed by atoms with Crippen LogP contribution in [-0.2, 0) is 34.5 Å². The minimum Gasteiger partial charge on any atom is -0.476 e. The molecule has 1 aromatic heterocycles. The van der Waals surface area contributed by atoms with Crippen LogP contribution in [0.25, 0.3) is 10.9 Å². The summed E-state index contributed by atoms with van der Waals surface area (Å²) in [6, 6.07) is 22.5. The molecule has 6 heteroatoms. The van der Waals surface area contributed by atoms with E-state index in [4.69, 9.17) is 9.47 Å². The molecule has 1 heterocycles. The lowest BCUT2D eigenvalue weighted by atomic mass is 9.85. The topological polar surface area (TPSA) is 69.6 Å². The highest BCUT2D eigenvalue weighted by atomic mass is 16.6. The Balaban J connectivity index is 1.41. The third-order valence-electron chi connectivity index (χ3n) is 8.96. The van der Waals surface area contributed by atoms with Crippen LogP contribution in [0.15, 0.2) is 66.7 Å². The van der Waals surface area contributed by atoms with E-state index < -0.39 is 11.6 Å². The number of esters is 1. The summed E-state index contributed by atoms with van der Waals surface area (Å²) in [4.78, 5) is 25.6. The molecule has 6 nitrogen and oxygen atoms in total. The quantitative estimate of drug-likeness (QED) is 0.190. The van der Waals surface area contributed by atoms with Crippen LogP contribution >= 0.6 is 0 Å². The molecule has 5 rings (SSSR count). The molecule has 1 fully saturated rings. The predicted molar refractivity (Wildman–Crippen MR) is 176 cm³/mol. The van der Waals surface area contributed by atoms with E-state index in [9.17, 15) is 9.59 Å². The van der Waals surface area contributed by atoms with Gasteiger partial charge in [-0.1, -0.05) is 69.7 Å². The fourth-order valence-electron chi connectivity index (χ4n) is 6.02. The van der Waals surface area contributed by atoms with Crippen molar-refractivity contribution in [2.45, 2.75) is 91.3 Å². The molecule has 0 spiro atoms. The lowest BCUT2D eigenvalue weighted by Gasteiger charge is -2.27. The molecule has 0 radical (unpaired) electrons. The van der Waals surface area contributed by atoms with Gasteiger partial charge in [-0.25, -0.2) is 4.79 Å². The Morgan fingerprint density at radius 3 is 2.34 bits per heavy atom. The number of hydrogen-bond donors (Lipinski definition) is 1. The van der Waals surface area contributed by atoms with Gasteiger partial charge in [-0.3, -0.25) is 4.79 Å². The largest absolute Gasteiger partial charge is 0.476 e. The molecule has 4 aromatic rings. The van der Waals surface area contributed by atoms with Crippen molar-refractivity contribution in [2.75, 3.05) is 7.11 Å². The van der Waals surface area contributed by atoms with Gasteiger partial charge in [0.05, 0.1) is 7.11 Å². The number of benzene rings is 3. The monoisotopic (exact) mass is 594 g/mol. The van der Waals surface area contributed by atoms with E-state index in [1.165, 1.54) is 43.2 Å². The zero-order valence-corrected chi connectivity index (χ0v) is 27.3. The first-order valence-electron chi connectivity index (χ1n) is 15.7. The van der Waals surface area contributed by atoms with Gasteiger partial charge in [0.25, 0.3) is 5.91 Å². The third kappa shape index (κ3) is 6.85. The van der Waals surface area contributed by atoms with Crippen molar-refractivity contribution in [1.82, 2.24) is 9.88 Å². The maximum atomic E-state index is 13.4. The number of amides is 1. The molecule has 44 heavy (non-hydrogen) atoms. The number of carbonyl (C=O) groups is 2. The lowest BCUT2D eigenvalue weighted by Crippen LogP contribution is -2.39. The Morgan fingerprint density at radius 2 is 1.66 bits per heavy atom. The van der Waals surface area contributed by atoms with Gasteiger partial charge in [-0.2, -0.15) is 0 Å². The Hall–Kier alpha value is -4.06. The number of carbonyl (C=O) groups excluding carboxylic acids is 2. The van der Waals surface area contributed by atoms with Crippen LogP contribution in [0.2, 0.25) is 0 Å². The van der Waals surface area contributed by atoms with Crippen molar-refractivity contribution in [3.63, 3.8) is 0 Å². The zero-order chi connectivity index (χ0) is 31.6. The van der Waals surface area contributed by atoms with Gasteiger partial charge in [-0.05, 0) is 97.9 Å². The van der Waals surface area contributed by atoms with Gasteiger partial charge in [0.1, 0.15) is 5.75 Å². The summed E-state index contributed by atoms with van der Waals surface area (Å²) in [5.41, 5.74) is 6.66. The molecule has 1 saturated carbocycles. The van der Waals surface area contributed by atoms with E-state index in [0.29, 0.717) is 30.2 Å². The molecule has 1 amide bonds. The molecule has 3 aromatic carbocycles. The highest BCUT2D eigenvalue weighted by Gasteiger charge is 2.31. The Labute approximate surface area is 261 Å². The first-order valence-corrected chi connectivity index (χ1v) is 15.7. The van der Waals surface area contributed by atoms with Crippen LogP contribution in [0.3, 0.4) is 0 Å². The maximum Gasteiger partial charge on any atom is 0.349 e. The number of rotatable bonds is 10. The number of fused-ring (bicyclic) bond motifs is 1. The van der Waals surface area contributed by atoms with E-state index in [2.05, 4.69) is 80.0 Å². The molecule has 1 N–H and O–H groups in total. The second kappa shape index (κ2) is 12.5. The standard InChI is InChI=1S/C38H46N2O4/c1-25-33(21-27-13-10-16-31(20-27)44-38(5,6)36(42)43-7)32-18-17-29(22-34(32)40(25)24-26-11-8-12-26)35(41)39-23-28-14-9-15-30(19-28)37(2,3)4/h9-10,13-20,22,26H,8,11-12,21,23-24H2,1-7H3,(H,39,41). The minimum absolute atomic E-state index is 0.0560. The molecular formula is C38H46N2O4. The van der Waals surface area contributed by atoms with Gasteiger partial charge in [0, 0.05) is 35.2 Å². The molecule has 232 valence electrons. The van der Waals surface area contributed by atoms with Gasteiger partial charge in [0.15, 0.2) is 5.60 Å². The van der Waals surface area contributed by atoms with Crippen molar-refractivity contribution >= 4 is 22.8 Å². The Morgan fingerprint density at radius 1 is 0.932 bits per heavy atom. The zero-order valence-electron chi connectivity index (χ0n) is 27.3. The number of ether oxygens (including phenoxy) is 2. The summed E-state index contributed by atoms with van der Waals surface area (Å²) in [5.74, 6) is 0.806. The average Bonchev–Trinajstić information content (AvgIpc) is 3.22. The van der Waals surface area contributed by atoms with Crippen molar-refractivity contribution < 1.29 is 19.1 Å². The summed E-state index contributed by atoms with van der Waals surface area (Å²) < 4.78 is 13.4. The van der Waals surface area contributed by atoms with E-state index in [1.807, 2.05) is 24.3 Å². The number of aromatic nitrogens is 1. The number of nitrogens with one attached hydrogen (secondary N) is 1. The molecule has 0 bridgehead atoms. The smallest absolute Gasteiger partial charge is 0.349 e. The molecular weight excluding hydrogens is 548 g/mol. The van der Waals surface area contributed by atoms with Crippen molar-refractivity contribution in [3.05, 3.63) is 100 Å². The molecule has 1 aliphatic rings. The fourth-order valence-corrected chi connectivity index (χ4v) is 6.02. The van der Waals surface area contributed by atoms with Crippen LogP contribution in [0.4, 0.5) is 0 Å². The second-order valence-electron chi connectivity index (χ2n) is 13.8. The van der Waals surface area contributed by atoms with Gasteiger partial charge in [-0.15, -0.1) is 0 Å². The van der Waals surface area contributed by atoms with Gasteiger partial charge < -0.3 is 19.4 Å². The summed E-state index contributed by atoms with van der Waals surface area (Å²) in [6.45, 7) is 13.7. The van der Waals surface area contributed by atoms with Gasteiger partial charge in [0.2, 0.25) is 0 Å². The molecule has 0 atom stereocenters. The third-order valence-corrected chi connectivity index (χ3v) is 8.96. The minimum atomic E-state index is -1.09. The van der Waals surface area contributed by atoms with E-state index in [1.54, 1.807) is 13.8 Å². The second-order valence-corrected chi connectivity index (χ2v) is 13.8. The molecule has 1 aliphatic carbocycles. The van der Waals surface area contributed by atoms with Crippen LogP contribution in [0.1, 0.15) is 92.2 Å². The highest BCUT2D eigenvalue weighted by Crippen LogP contribution is 2.35. The fraction of sp³-hybridized carbons (Fsp3) is 0.421. The van der Waals surface area contributed by atoms with Gasteiger partial charge >= 0.3 is 5.97 Å². The summed E-state index contributed by atoms with van der Waals surface area (Å²) in [5, 5.41) is 4.31. The van der Waals surface area contributed by atoms with Crippen molar-refractivity contribution in [2.24, 2.45) is 5.92 Å². The van der Waals surface area contributed by atoms with E-state index >= 15 is 0 Å². The first-order chi connectivity index (χ1) is 20.9. The normalized spacial score (nSPS) is 13.9. The average molecular weight is 595 g/mol. The van der Waals surface area contributed by atoms with Crippen LogP contribution in [0.5, 0.6) is 5.75 Å². The SMILES string of the molecule is COC(=O)C(C)(C)Oc1cccc(Cc2c(C)n(CC3CCC3)c3cc(C(=O)NCc4cccc(C(C)(C)C)c4)ccc23)c1. The van der Waals surface area contributed by atoms with Crippen molar-refractivity contribution in [1.29, 1.82) is 0 Å². The summed E-state index contributed by atoms with van der Waals surface area (Å²) in [7, 11) is 1.37. The molecule has 0 saturated heterocycles. The summed E-state index contributed by atoms with van der Waals surface area (Å²) >= 11 is 0. The Kier molecular flexibility index (Phi) is 8.92. The highest BCUT2D eigenvalue weighted by molar-refractivity contribution is 5.99. The number of methoxy groups -OCH3 is 1. The van der Waals surface area contributed by atoms with E-state index in [-0.39, 0.29) is 11.3 Å². The number of hydrogen-bond acceptors (Lipinski definition) is 4. The van der Waals surface area contributed by atoms with Crippen LogP contribution in [-0.4, -0.2) is 29.2 Å². The van der Waals surface area contributed by atoms with Crippen LogP contribution < -0.4 is 10.1 Å². The first kappa shape index (κ1) is 31.4. The molecule has 0 unspecified atom stereocenters. The molecule has 0 aliphatic heterocycles. The van der Waals surface area contributed by atoms with Crippen molar-refractivity contribution in [3.8, 4) is 5.75 Å². The maximum absolute atomic E-state index is 13.4. The lowest BCUT2D eigenvalue weighted by molar-refractivity contribution is -0.156. The van der Waals surface area contributed by atoms with Crippen LogP contribution in [0, 0.1) is 12.8 Å². The predicted octanol–water partition coefficient (Wildman–Crippen LogP) is 7.90. The number of nitrogens with zero attached hydrogens (tertiary/aromatic N) is 1. The summed E-state index contributed by atoms with van der Waals surface area (Å²) in [6.07, 6.45) is 4.50. The Bertz CT molecular complexity index is 1670.